The number of nitro benzene ring substituents is 1. The number of fused-ring (bicyclic) bond motifs is 1. The molecule has 114 valence electrons. The van der Waals surface area contributed by atoms with Crippen LogP contribution < -0.4 is 5.32 Å². The Kier molecular flexibility index (Phi) is 4.13. The molecule has 7 nitrogen and oxygen atoms in total. The average molecular weight is 292 g/mol. The van der Waals surface area contributed by atoms with Gasteiger partial charge in [-0.1, -0.05) is 13.8 Å². The van der Waals surface area contributed by atoms with E-state index in [0.717, 1.165) is 6.54 Å². The Balaban J connectivity index is 2.11. The van der Waals surface area contributed by atoms with Gasteiger partial charge in [0.15, 0.2) is 5.58 Å². The molecule has 0 fully saturated rings. The molecule has 0 amide bonds. The van der Waals surface area contributed by atoms with Crippen molar-refractivity contribution in [1.29, 1.82) is 0 Å². The van der Waals surface area contributed by atoms with Crippen LogP contribution in [0.1, 0.15) is 13.8 Å². The number of non-ortho nitro benzene ring substituents is 1. The summed E-state index contributed by atoms with van der Waals surface area (Å²) in [5.41, 5.74) is 1.07. The summed E-state index contributed by atoms with van der Waals surface area (Å²) in [5, 5.41) is 13.9. The number of rotatable bonds is 6. The van der Waals surface area contributed by atoms with Crippen LogP contribution >= 0.6 is 0 Å². The number of nitrogens with zero attached hydrogens (tertiary/aromatic N) is 3. The van der Waals surface area contributed by atoms with Gasteiger partial charge in [0.05, 0.1) is 11.0 Å². The molecule has 1 aromatic carbocycles. The van der Waals surface area contributed by atoms with E-state index in [1.807, 2.05) is 14.1 Å². The standard InChI is InChI=1S/C14H20N4O3/c1-14(2,9-17(3)4)8-15-13-16-11-6-5-10(18(19)20)7-12(11)21-13/h5-7H,8-9H2,1-4H3,(H,15,16). The minimum Gasteiger partial charge on any atom is -0.423 e. The molecule has 0 spiro atoms. The molecular weight excluding hydrogens is 272 g/mol. The highest BCUT2D eigenvalue weighted by atomic mass is 16.6. The average Bonchev–Trinajstić information content (AvgIpc) is 2.76. The highest BCUT2D eigenvalue weighted by Crippen LogP contribution is 2.24. The molecule has 0 bridgehead atoms. The van der Waals surface area contributed by atoms with E-state index in [-0.39, 0.29) is 11.1 Å². The van der Waals surface area contributed by atoms with E-state index in [0.29, 0.717) is 23.7 Å². The van der Waals surface area contributed by atoms with Crippen molar-refractivity contribution in [1.82, 2.24) is 9.88 Å². The van der Waals surface area contributed by atoms with E-state index in [1.54, 1.807) is 6.07 Å². The highest BCUT2D eigenvalue weighted by molar-refractivity contribution is 5.77. The molecule has 0 aliphatic carbocycles. The highest BCUT2D eigenvalue weighted by Gasteiger charge is 2.20. The number of aromatic nitrogens is 1. The fraction of sp³-hybridized carbons (Fsp3) is 0.500. The third kappa shape index (κ3) is 3.91. The van der Waals surface area contributed by atoms with Gasteiger partial charge in [0.2, 0.25) is 0 Å². The summed E-state index contributed by atoms with van der Waals surface area (Å²) in [7, 11) is 4.06. The second kappa shape index (κ2) is 5.69. The first-order valence-electron chi connectivity index (χ1n) is 6.70. The molecule has 1 N–H and O–H groups in total. The van der Waals surface area contributed by atoms with Crippen molar-refractivity contribution in [3.8, 4) is 0 Å². The molecule has 0 aliphatic rings. The van der Waals surface area contributed by atoms with Gasteiger partial charge in [-0.15, -0.1) is 0 Å². The van der Waals surface area contributed by atoms with Crippen LogP contribution in [-0.4, -0.2) is 42.0 Å². The van der Waals surface area contributed by atoms with E-state index in [2.05, 4.69) is 29.0 Å². The molecular formula is C14H20N4O3. The van der Waals surface area contributed by atoms with Crippen LogP contribution in [0.5, 0.6) is 0 Å². The fourth-order valence-electron chi connectivity index (χ4n) is 2.33. The van der Waals surface area contributed by atoms with E-state index in [1.165, 1.54) is 12.1 Å². The maximum Gasteiger partial charge on any atom is 0.295 e. The van der Waals surface area contributed by atoms with Crippen molar-refractivity contribution in [3.05, 3.63) is 28.3 Å². The van der Waals surface area contributed by atoms with Gasteiger partial charge in [-0.05, 0) is 25.6 Å². The molecule has 0 aliphatic heterocycles. The summed E-state index contributed by atoms with van der Waals surface area (Å²) >= 11 is 0. The molecule has 0 saturated carbocycles. The Morgan fingerprint density at radius 2 is 2.14 bits per heavy atom. The predicted octanol–water partition coefficient (Wildman–Crippen LogP) is 2.74. The zero-order chi connectivity index (χ0) is 15.6. The molecule has 1 heterocycles. The lowest BCUT2D eigenvalue weighted by molar-refractivity contribution is -0.384. The maximum atomic E-state index is 10.7. The van der Waals surface area contributed by atoms with Gasteiger partial charge in [0.1, 0.15) is 5.52 Å². The van der Waals surface area contributed by atoms with Crippen molar-refractivity contribution in [3.63, 3.8) is 0 Å². The molecule has 1 aromatic heterocycles. The summed E-state index contributed by atoms with van der Waals surface area (Å²) in [6, 6.07) is 4.79. The molecule has 2 aromatic rings. The van der Waals surface area contributed by atoms with Crippen molar-refractivity contribution < 1.29 is 9.34 Å². The first-order valence-corrected chi connectivity index (χ1v) is 6.70. The summed E-state index contributed by atoms with van der Waals surface area (Å²) < 4.78 is 5.52. The Morgan fingerprint density at radius 3 is 2.76 bits per heavy atom. The number of benzene rings is 1. The van der Waals surface area contributed by atoms with E-state index >= 15 is 0 Å². The van der Waals surface area contributed by atoms with Gasteiger partial charge in [-0.3, -0.25) is 10.1 Å². The van der Waals surface area contributed by atoms with Gasteiger partial charge in [0, 0.05) is 19.2 Å². The minimum absolute atomic E-state index is 0.00172. The first kappa shape index (κ1) is 15.2. The summed E-state index contributed by atoms with van der Waals surface area (Å²) in [6.07, 6.45) is 0. The topological polar surface area (TPSA) is 84.4 Å². The van der Waals surface area contributed by atoms with Crippen LogP contribution in [0, 0.1) is 15.5 Å². The largest absolute Gasteiger partial charge is 0.423 e. The molecule has 7 heteroatoms. The SMILES string of the molecule is CN(C)CC(C)(C)CNc1nc2ccc([N+](=O)[O-])cc2o1. The van der Waals surface area contributed by atoms with Crippen LogP contribution in [0.15, 0.2) is 22.6 Å². The zero-order valence-electron chi connectivity index (χ0n) is 12.7. The molecule has 0 radical (unpaired) electrons. The third-order valence-corrected chi connectivity index (χ3v) is 3.05. The Bertz CT molecular complexity index is 649. The quantitative estimate of drug-likeness (QED) is 0.651. The number of nitrogens with one attached hydrogen (secondary N) is 1. The van der Waals surface area contributed by atoms with E-state index < -0.39 is 4.92 Å². The van der Waals surface area contributed by atoms with Gasteiger partial charge >= 0.3 is 0 Å². The number of anilines is 1. The third-order valence-electron chi connectivity index (χ3n) is 3.05. The van der Waals surface area contributed by atoms with E-state index in [9.17, 15) is 10.1 Å². The second-order valence-corrected chi connectivity index (χ2v) is 6.18. The smallest absolute Gasteiger partial charge is 0.295 e. The Morgan fingerprint density at radius 1 is 1.43 bits per heavy atom. The van der Waals surface area contributed by atoms with Crippen molar-refractivity contribution in [2.45, 2.75) is 13.8 Å². The fourth-order valence-corrected chi connectivity index (χ4v) is 2.33. The predicted molar refractivity (Wildman–Crippen MR) is 81.5 cm³/mol. The maximum absolute atomic E-state index is 10.7. The van der Waals surface area contributed by atoms with Crippen LogP contribution in [0.3, 0.4) is 0 Å². The van der Waals surface area contributed by atoms with Crippen LogP contribution in [0.2, 0.25) is 0 Å². The van der Waals surface area contributed by atoms with Gasteiger partial charge < -0.3 is 14.6 Å². The lowest BCUT2D eigenvalue weighted by Crippen LogP contribution is -2.34. The molecule has 0 saturated heterocycles. The van der Waals surface area contributed by atoms with Crippen LogP contribution in [0.4, 0.5) is 11.7 Å². The minimum atomic E-state index is -0.449. The summed E-state index contributed by atoms with van der Waals surface area (Å²) in [5.74, 6) is 0. The Labute approximate surface area is 123 Å². The van der Waals surface area contributed by atoms with Crippen LogP contribution in [0.25, 0.3) is 11.1 Å². The molecule has 0 unspecified atom stereocenters. The zero-order valence-corrected chi connectivity index (χ0v) is 12.7. The van der Waals surface area contributed by atoms with Gasteiger partial charge in [0.25, 0.3) is 11.7 Å². The molecule has 21 heavy (non-hydrogen) atoms. The lowest BCUT2D eigenvalue weighted by Gasteiger charge is -2.27. The van der Waals surface area contributed by atoms with Crippen molar-refractivity contribution in [2.75, 3.05) is 32.5 Å². The van der Waals surface area contributed by atoms with Gasteiger partial charge in [-0.2, -0.15) is 4.98 Å². The molecule has 0 atom stereocenters. The van der Waals surface area contributed by atoms with E-state index in [4.69, 9.17) is 4.42 Å². The lowest BCUT2D eigenvalue weighted by atomic mass is 9.93. The normalized spacial score (nSPS) is 12.0. The van der Waals surface area contributed by atoms with Crippen LogP contribution in [-0.2, 0) is 0 Å². The van der Waals surface area contributed by atoms with Gasteiger partial charge in [-0.25, -0.2) is 0 Å². The van der Waals surface area contributed by atoms with Crippen molar-refractivity contribution >= 4 is 22.8 Å². The second-order valence-electron chi connectivity index (χ2n) is 6.18. The first-order chi connectivity index (χ1) is 9.77. The summed E-state index contributed by atoms with van der Waals surface area (Å²) in [6.45, 7) is 5.91. The molecule has 2 rings (SSSR count). The van der Waals surface area contributed by atoms with Crippen molar-refractivity contribution in [2.24, 2.45) is 5.41 Å². The monoisotopic (exact) mass is 292 g/mol. The summed E-state index contributed by atoms with van der Waals surface area (Å²) in [4.78, 5) is 16.7. The number of hydrogen-bond acceptors (Lipinski definition) is 6. The number of oxazole rings is 1. The number of hydrogen-bond donors (Lipinski definition) is 1. The Hall–Kier alpha value is -2.15. The number of nitro groups is 1.